The molecule has 14 nitrogen and oxygen atoms in total. The molecule has 316 valence electrons. The lowest BCUT2D eigenvalue weighted by molar-refractivity contribution is -0.339. The molecule has 0 amide bonds. The summed E-state index contributed by atoms with van der Waals surface area (Å²) in [5.41, 5.74) is -3.16. The van der Waals surface area contributed by atoms with Crippen LogP contribution in [0, 0.1) is 44.8 Å². The summed E-state index contributed by atoms with van der Waals surface area (Å²) in [5.74, 6) is -0.215. The second-order valence-electron chi connectivity index (χ2n) is 21.1. The molecule has 3 aliphatic heterocycles. The quantitative estimate of drug-likeness (QED) is 0.162. The van der Waals surface area contributed by atoms with Crippen molar-refractivity contribution in [1.82, 2.24) is 0 Å². The molecule has 0 bridgehead atoms. The predicted molar refractivity (Wildman–Crippen MR) is 194 cm³/mol. The van der Waals surface area contributed by atoms with Gasteiger partial charge in [-0.05, 0) is 117 Å². The Bertz CT molecular complexity index is 1460. The molecule has 5 aliphatic carbocycles. The van der Waals surface area contributed by atoms with Crippen LogP contribution >= 0.6 is 0 Å². The third-order valence-corrected chi connectivity index (χ3v) is 17.6. The number of hydrogen-bond acceptors (Lipinski definition) is 14. The van der Waals surface area contributed by atoms with Crippen LogP contribution in [0.25, 0.3) is 0 Å². The molecule has 0 aromatic heterocycles. The van der Waals surface area contributed by atoms with Crippen molar-refractivity contribution in [3.05, 3.63) is 0 Å². The lowest BCUT2D eigenvalue weighted by Gasteiger charge is -2.65. The third-order valence-electron chi connectivity index (χ3n) is 17.6. The van der Waals surface area contributed by atoms with E-state index in [0.717, 1.165) is 32.1 Å². The van der Waals surface area contributed by atoms with Gasteiger partial charge in [0.2, 0.25) is 0 Å². The van der Waals surface area contributed by atoms with Gasteiger partial charge in [-0.25, -0.2) is 0 Å². The van der Waals surface area contributed by atoms with Gasteiger partial charge >= 0.3 is 0 Å². The highest BCUT2D eigenvalue weighted by Crippen LogP contribution is 2.89. The first kappa shape index (κ1) is 41.2. The van der Waals surface area contributed by atoms with E-state index < -0.39 is 96.8 Å². The van der Waals surface area contributed by atoms with Crippen molar-refractivity contribution in [3.8, 4) is 0 Å². The molecule has 2 spiro atoms. The molecule has 3 heterocycles. The van der Waals surface area contributed by atoms with Crippen LogP contribution in [0.3, 0.4) is 0 Å². The molecule has 1 unspecified atom stereocenters. The maximum Gasteiger partial charge on any atom is 0.186 e. The van der Waals surface area contributed by atoms with Crippen LogP contribution in [0.5, 0.6) is 0 Å². The van der Waals surface area contributed by atoms with Crippen LogP contribution in [0.1, 0.15) is 106 Å². The second-order valence-corrected chi connectivity index (χ2v) is 21.1. The fraction of sp³-hybridized carbons (Fsp3) is 1.00. The van der Waals surface area contributed by atoms with Gasteiger partial charge in [0.15, 0.2) is 12.6 Å². The summed E-state index contributed by atoms with van der Waals surface area (Å²) in [4.78, 5) is 0. The van der Waals surface area contributed by atoms with Crippen molar-refractivity contribution in [1.29, 1.82) is 0 Å². The summed E-state index contributed by atoms with van der Waals surface area (Å²) in [6, 6.07) is 0. The van der Waals surface area contributed by atoms with Crippen LogP contribution in [0.2, 0.25) is 0 Å². The zero-order valence-corrected chi connectivity index (χ0v) is 33.6. The molecule has 8 aliphatic rings. The van der Waals surface area contributed by atoms with Gasteiger partial charge in [-0.15, -0.1) is 0 Å². The van der Waals surface area contributed by atoms with E-state index in [1.54, 1.807) is 13.8 Å². The van der Waals surface area contributed by atoms with Crippen LogP contribution in [-0.4, -0.2) is 150 Å². The predicted octanol–water partition coefficient (Wildman–Crippen LogP) is 0.724. The Balaban J connectivity index is 1.15. The molecule has 8 fully saturated rings. The van der Waals surface area contributed by atoms with Gasteiger partial charge in [0.25, 0.3) is 0 Å². The first-order valence-corrected chi connectivity index (χ1v) is 20.9. The van der Waals surface area contributed by atoms with Gasteiger partial charge < -0.3 is 69.6 Å². The Morgan fingerprint density at radius 2 is 1.40 bits per heavy atom. The Hall–Kier alpha value is -0.560. The van der Waals surface area contributed by atoms with E-state index in [0.29, 0.717) is 25.7 Å². The summed E-state index contributed by atoms with van der Waals surface area (Å²) < 4.78 is 31.9. The Labute approximate surface area is 324 Å². The fourth-order valence-corrected chi connectivity index (χ4v) is 14.9. The normalized spacial score (nSPS) is 58.7. The number of aliphatic hydroxyl groups is 9. The maximum atomic E-state index is 12.2. The van der Waals surface area contributed by atoms with Crippen LogP contribution < -0.4 is 0 Å². The van der Waals surface area contributed by atoms with E-state index in [9.17, 15) is 46.0 Å². The first-order chi connectivity index (χ1) is 25.5. The van der Waals surface area contributed by atoms with E-state index in [-0.39, 0.29) is 52.1 Å². The Kier molecular flexibility index (Phi) is 9.90. The minimum absolute atomic E-state index is 0.0633. The summed E-state index contributed by atoms with van der Waals surface area (Å²) in [7, 11) is 0. The molecule has 14 heteroatoms. The topological polar surface area (TPSA) is 228 Å². The first-order valence-electron chi connectivity index (χ1n) is 20.9. The Morgan fingerprint density at radius 3 is 2.05 bits per heavy atom. The van der Waals surface area contributed by atoms with Gasteiger partial charge in [-0.2, -0.15) is 0 Å². The molecule has 0 aromatic carbocycles. The molecule has 55 heavy (non-hydrogen) atoms. The highest BCUT2D eigenvalue weighted by molar-refractivity contribution is 5.33. The van der Waals surface area contributed by atoms with E-state index in [2.05, 4.69) is 34.6 Å². The molecule has 5 saturated carbocycles. The van der Waals surface area contributed by atoms with Gasteiger partial charge in [0, 0.05) is 5.92 Å². The molecule has 0 radical (unpaired) electrons. The Morgan fingerprint density at radius 1 is 0.709 bits per heavy atom. The smallest absolute Gasteiger partial charge is 0.186 e. The summed E-state index contributed by atoms with van der Waals surface area (Å²) in [6.07, 6.45) is -7.48. The van der Waals surface area contributed by atoms with E-state index in [4.69, 9.17) is 23.7 Å². The fourth-order valence-electron chi connectivity index (χ4n) is 14.9. The molecule has 21 atom stereocenters. The monoisotopic (exact) mass is 784 g/mol. The van der Waals surface area contributed by atoms with E-state index in [1.807, 2.05) is 0 Å². The van der Waals surface area contributed by atoms with Gasteiger partial charge in [0.05, 0.1) is 48.8 Å². The molecule has 9 N–H and O–H groups in total. The van der Waals surface area contributed by atoms with Crippen molar-refractivity contribution in [2.45, 2.75) is 197 Å². The van der Waals surface area contributed by atoms with E-state index >= 15 is 0 Å². The van der Waals surface area contributed by atoms with Crippen molar-refractivity contribution >= 4 is 0 Å². The summed E-state index contributed by atoms with van der Waals surface area (Å²) >= 11 is 0. The minimum atomic E-state index is -1.60. The number of fused-ring (bicyclic) bond motifs is 2. The third kappa shape index (κ3) is 5.70. The van der Waals surface area contributed by atoms with Gasteiger partial charge in [0.1, 0.15) is 42.7 Å². The van der Waals surface area contributed by atoms with Gasteiger partial charge in [-0.3, -0.25) is 0 Å². The van der Waals surface area contributed by atoms with Crippen LogP contribution in [0.4, 0.5) is 0 Å². The second kappa shape index (κ2) is 13.2. The van der Waals surface area contributed by atoms with Crippen LogP contribution in [0.15, 0.2) is 0 Å². The minimum Gasteiger partial charge on any atom is -0.394 e. The molecule has 8 rings (SSSR count). The molecule has 0 aromatic rings. The SMILES string of the molecule is CC(C)(O)C1CC[C@](C)([C@H]2[C@@H](O)C[C@@]3(C)[C@H]4C[C@H](O[C@@H]5O[C@H](CO)[C@@H](O)[C@H](O)[C@H]5O)[C@H]5C(C)(C)[C@@H](O[C@@H]6OC[C@@H](O)[C@H](O)[C@H]6O)CC[C@@]56C[C@@]46CC[C@@]23C)O1. The van der Waals surface area contributed by atoms with Gasteiger partial charge in [-0.1, -0.05) is 27.7 Å². The van der Waals surface area contributed by atoms with Crippen molar-refractivity contribution in [2.24, 2.45) is 44.8 Å². The van der Waals surface area contributed by atoms with Crippen LogP contribution in [-0.2, 0) is 23.7 Å². The van der Waals surface area contributed by atoms with Crippen molar-refractivity contribution in [2.75, 3.05) is 13.2 Å². The highest BCUT2D eigenvalue weighted by Gasteiger charge is 2.85. The number of hydrogen-bond donors (Lipinski definition) is 9. The van der Waals surface area contributed by atoms with E-state index in [1.165, 1.54) is 0 Å². The number of ether oxygens (including phenoxy) is 5. The number of aliphatic hydroxyl groups excluding tert-OH is 8. The summed E-state index contributed by atoms with van der Waals surface area (Å²) in [6.45, 7) is 13.8. The average Bonchev–Trinajstić information content (AvgIpc) is 3.47. The average molecular weight is 785 g/mol. The lowest BCUT2D eigenvalue weighted by atomic mass is 9.41. The molecule has 3 saturated heterocycles. The van der Waals surface area contributed by atoms with Crippen molar-refractivity contribution in [3.63, 3.8) is 0 Å². The van der Waals surface area contributed by atoms with Crippen molar-refractivity contribution < 1.29 is 69.6 Å². The highest BCUT2D eigenvalue weighted by atomic mass is 16.7. The zero-order valence-electron chi connectivity index (χ0n) is 33.6. The largest absolute Gasteiger partial charge is 0.394 e. The summed E-state index contributed by atoms with van der Waals surface area (Å²) in [5, 5.41) is 97.2. The standard InChI is InChI=1S/C41H68O14/c1-35(2)24(54-33-29(48)26(45)20(44)17-51-33)9-11-41-18-40(41)13-12-37(5)31(39(7)10-8-25(55-39)36(3,4)50)19(43)15-38(37,6)23(40)14-21(32(35)41)52-34-30(49)28(47)27(46)22(16-42)53-34/h19-34,42-50H,8-18H2,1-7H3/t19-,20+,21-,22+,23+,24-,25?,26-,27+,28-,29+,30+,31-,32-,33-,34+,37-,38-,39+,40-,41+/m0/s1. The number of rotatable bonds is 7. The molecular weight excluding hydrogens is 716 g/mol. The maximum absolute atomic E-state index is 12.2. The zero-order chi connectivity index (χ0) is 40.1. The lowest BCUT2D eigenvalue weighted by Crippen LogP contribution is -2.65. The molecular formula is C41H68O14.